The highest BCUT2D eigenvalue weighted by molar-refractivity contribution is 5.80. The minimum atomic E-state index is 0.0778. The number of carbonyl (C=O) groups is 2. The van der Waals surface area contributed by atoms with Crippen LogP contribution in [0, 0.1) is 5.92 Å². The van der Waals surface area contributed by atoms with Gasteiger partial charge in [0.1, 0.15) is 0 Å². The van der Waals surface area contributed by atoms with E-state index >= 15 is 0 Å². The summed E-state index contributed by atoms with van der Waals surface area (Å²) in [5.41, 5.74) is 3.96. The lowest BCUT2D eigenvalue weighted by Gasteiger charge is -2.38. The predicted molar refractivity (Wildman–Crippen MR) is 106 cm³/mol. The van der Waals surface area contributed by atoms with Crippen LogP contribution in [0.15, 0.2) is 36.0 Å². The Hall–Kier alpha value is -2.10. The van der Waals surface area contributed by atoms with Gasteiger partial charge >= 0.3 is 0 Å². The summed E-state index contributed by atoms with van der Waals surface area (Å²) in [5.74, 6) is 0.867. The van der Waals surface area contributed by atoms with Gasteiger partial charge in [-0.1, -0.05) is 30.3 Å². The van der Waals surface area contributed by atoms with E-state index in [1.54, 1.807) is 0 Å². The lowest BCUT2D eigenvalue weighted by atomic mass is 9.85. The van der Waals surface area contributed by atoms with Crippen LogP contribution >= 0.6 is 0 Å². The van der Waals surface area contributed by atoms with Gasteiger partial charge in [0.05, 0.1) is 0 Å². The van der Waals surface area contributed by atoms with Crippen LogP contribution in [-0.2, 0) is 22.4 Å². The molecule has 1 N–H and O–H groups in total. The van der Waals surface area contributed by atoms with Crippen LogP contribution in [0.3, 0.4) is 0 Å². The van der Waals surface area contributed by atoms with Gasteiger partial charge < -0.3 is 10.2 Å². The average molecular weight is 367 g/mol. The number of hydrogen-bond acceptors (Lipinski definition) is 2. The highest BCUT2D eigenvalue weighted by Crippen LogP contribution is 2.35. The summed E-state index contributed by atoms with van der Waals surface area (Å²) in [7, 11) is 0. The molecule has 0 radical (unpaired) electrons. The van der Waals surface area contributed by atoms with Crippen LogP contribution in [0.5, 0.6) is 0 Å². The Kier molecular flexibility index (Phi) is 5.61. The van der Waals surface area contributed by atoms with Crippen molar-refractivity contribution in [2.24, 2.45) is 5.92 Å². The van der Waals surface area contributed by atoms with Crippen molar-refractivity contribution in [3.63, 3.8) is 0 Å². The number of benzene rings is 1. The van der Waals surface area contributed by atoms with Gasteiger partial charge in [0, 0.05) is 31.1 Å². The van der Waals surface area contributed by atoms with Gasteiger partial charge in [-0.25, -0.2) is 0 Å². The zero-order valence-corrected chi connectivity index (χ0v) is 16.1. The molecule has 0 spiro atoms. The maximum Gasteiger partial charge on any atom is 0.226 e. The summed E-state index contributed by atoms with van der Waals surface area (Å²) >= 11 is 0. The zero-order valence-electron chi connectivity index (χ0n) is 16.1. The number of piperidine rings is 1. The highest BCUT2D eigenvalue weighted by Gasteiger charge is 2.30. The van der Waals surface area contributed by atoms with E-state index in [1.165, 1.54) is 36.1 Å². The normalized spacial score (nSPS) is 22.0. The molecule has 1 aromatic carbocycles. The van der Waals surface area contributed by atoms with Crippen molar-refractivity contribution < 1.29 is 9.59 Å². The van der Waals surface area contributed by atoms with Crippen LogP contribution in [0.1, 0.15) is 62.5 Å². The summed E-state index contributed by atoms with van der Waals surface area (Å²) in [4.78, 5) is 27.0. The largest absolute Gasteiger partial charge is 0.353 e. The second kappa shape index (κ2) is 8.28. The topological polar surface area (TPSA) is 49.4 Å². The third-order valence-electron chi connectivity index (χ3n) is 6.29. The molecule has 4 heteroatoms. The van der Waals surface area contributed by atoms with Gasteiger partial charge in [-0.3, -0.25) is 9.59 Å². The Morgan fingerprint density at radius 1 is 1.04 bits per heavy atom. The fourth-order valence-corrected chi connectivity index (χ4v) is 4.94. The number of rotatable bonds is 5. The number of fused-ring (bicyclic) bond motifs is 2. The second-order valence-corrected chi connectivity index (χ2v) is 8.24. The van der Waals surface area contributed by atoms with E-state index in [4.69, 9.17) is 0 Å². The maximum absolute atomic E-state index is 12.7. The molecule has 144 valence electrons. The number of allylic oxidation sites excluding steroid dienone is 2. The first-order chi connectivity index (χ1) is 13.2. The van der Waals surface area contributed by atoms with E-state index in [0.717, 1.165) is 32.2 Å². The number of hydrogen-bond donors (Lipinski definition) is 1. The van der Waals surface area contributed by atoms with Crippen molar-refractivity contribution in [1.29, 1.82) is 0 Å². The standard InChI is InChI=1S/C23H30N2O2/c26-22(24-20-15-18-8-1-2-9-19(18)16-20)12-5-13-23(27)25-14-6-10-17-7-3-4-11-21(17)25/h1-2,8-9,11,17,20H,3-7,10,12-16H2,(H,24,26). The Bertz CT molecular complexity index is 715. The molecule has 0 saturated carbocycles. The molecule has 1 atom stereocenters. The SMILES string of the molecule is O=C(CCCC(=O)N1CCCC2CCCC=C21)NC1Cc2ccccc2C1. The van der Waals surface area contributed by atoms with Gasteiger partial charge in [0.15, 0.2) is 0 Å². The molecule has 1 saturated heterocycles. The summed E-state index contributed by atoms with van der Waals surface area (Å²) in [6.07, 6.45) is 11.6. The molecule has 2 amide bonds. The average Bonchev–Trinajstić information content (AvgIpc) is 3.09. The quantitative estimate of drug-likeness (QED) is 0.863. The first kappa shape index (κ1) is 18.3. The van der Waals surface area contributed by atoms with E-state index in [9.17, 15) is 9.59 Å². The van der Waals surface area contributed by atoms with Crippen LogP contribution in [0.25, 0.3) is 0 Å². The molecule has 3 aliphatic rings. The minimum Gasteiger partial charge on any atom is -0.353 e. The molecule has 2 aliphatic carbocycles. The number of carbonyl (C=O) groups excluding carboxylic acids is 2. The number of nitrogens with one attached hydrogen (secondary N) is 1. The molecule has 1 aromatic rings. The molecule has 4 nitrogen and oxygen atoms in total. The molecular formula is C23H30N2O2. The van der Waals surface area contributed by atoms with E-state index in [1.807, 2.05) is 4.90 Å². The van der Waals surface area contributed by atoms with E-state index < -0.39 is 0 Å². The Labute approximate surface area is 162 Å². The Morgan fingerprint density at radius 3 is 2.56 bits per heavy atom. The minimum absolute atomic E-state index is 0.0778. The van der Waals surface area contributed by atoms with E-state index in [2.05, 4.69) is 35.7 Å². The van der Waals surface area contributed by atoms with Crippen molar-refractivity contribution in [2.75, 3.05) is 6.54 Å². The highest BCUT2D eigenvalue weighted by atomic mass is 16.2. The molecule has 1 fully saturated rings. The molecule has 1 heterocycles. The molecule has 4 rings (SSSR count). The third-order valence-corrected chi connectivity index (χ3v) is 6.29. The predicted octanol–water partition coefficient (Wildman–Crippen LogP) is 3.75. The zero-order chi connectivity index (χ0) is 18.6. The first-order valence-corrected chi connectivity index (χ1v) is 10.6. The molecule has 1 aliphatic heterocycles. The Balaban J connectivity index is 1.21. The summed E-state index contributed by atoms with van der Waals surface area (Å²) < 4.78 is 0. The first-order valence-electron chi connectivity index (χ1n) is 10.6. The van der Waals surface area contributed by atoms with Crippen LogP contribution < -0.4 is 5.32 Å². The van der Waals surface area contributed by atoms with Gasteiger partial charge in [-0.2, -0.15) is 0 Å². The number of likely N-dealkylation sites (tertiary alicyclic amines) is 1. The van der Waals surface area contributed by atoms with Crippen molar-refractivity contribution in [1.82, 2.24) is 10.2 Å². The fourth-order valence-electron chi connectivity index (χ4n) is 4.94. The summed E-state index contributed by atoms with van der Waals surface area (Å²) in [6.45, 7) is 0.855. The lowest BCUT2D eigenvalue weighted by molar-refractivity contribution is -0.130. The number of nitrogens with zero attached hydrogens (tertiary/aromatic N) is 1. The molecule has 1 unspecified atom stereocenters. The molecule has 0 bridgehead atoms. The van der Waals surface area contributed by atoms with Crippen molar-refractivity contribution >= 4 is 11.8 Å². The van der Waals surface area contributed by atoms with Gasteiger partial charge in [-0.05, 0) is 68.4 Å². The smallest absolute Gasteiger partial charge is 0.226 e. The number of amides is 2. The molecular weight excluding hydrogens is 336 g/mol. The second-order valence-electron chi connectivity index (χ2n) is 8.24. The Morgan fingerprint density at radius 2 is 1.78 bits per heavy atom. The van der Waals surface area contributed by atoms with Crippen molar-refractivity contribution in [3.8, 4) is 0 Å². The van der Waals surface area contributed by atoms with Crippen LogP contribution in [0.4, 0.5) is 0 Å². The van der Waals surface area contributed by atoms with Gasteiger partial charge in [0.25, 0.3) is 0 Å². The van der Waals surface area contributed by atoms with Crippen LogP contribution in [0.2, 0.25) is 0 Å². The third kappa shape index (κ3) is 4.26. The van der Waals surface area contributed by atoms with Crippen molar-refractivity contribution in [2.45, 2.75) is 70.3 Å². The lowest BCUT2D eigenvalue weighted by Crippen LogP contribution is -2.39. The molecule has 0 aromatic heterocycles. The fraction of sp³-hybridized carbons (Fsp3) is 0.565. The maximum atomic E-state index is 12.7. The van der Waals surface area contributed by atoms with Gasteiger partial charge in [-0.15, -0.1) is 0 Å². The van der Waals surface area contributed by atoms with E-state index in [0.29, 0.717) is 25.2 Å². The van der Waals surface area contributed by atoms with Crippen LogP contribution in [-0.4, -0.2) is 29.3 Å². The molecule has 27 heavy (non-hydrogen) atoms. The summed E-state index contributed by atoms with van der Waals surface area (Å²) in [5, 5.41) is 3.15. The van der Waals surface area contributed by atoms with E-state index in [-0.39, 0.29) is 17.9 Å². The van der Waals surface area contributed by atoms with Gasteiger partial charge in [0.2, 0.25) is 11.8 Å². The summed E-state index contributed by atoms with van der Waals surface area (Å²) in [6, 6.07) is 8.61. The van der Waals surface area contributed by atoms with Crippen molar-refractivity contribution in [3.05, 3.63) is 47.2 Å². The monoisotopic (exact) mass is 366 g/mol.